The van der Waals surface area contributed by atoms with Crippen molar-refractivity contribution in [2.45, 2.75) is 0 Å². The second-order valence-electron chi connectivity index (χ2n) is 14.4. The number of benzene rings is 8. The number of furan rings is 1. The Kier molecular flexibility index (Phi) is 6.17. The summed E-state index contributed by atoms with van der Waals surface area (Å²) >= 11 is 3.61. The molecule has 8 aromatic carbocycles. The number of aromatic nitrogens is 3. The van der Waals surface area contributed by atoms with Gasteiger partial charge in [0.1, 0.15) is 16.0 Å². The van der Waals surface area contributed by atoms with E-state index in [4.69, 9.17) is 14.4 Å². The molecular weight excluding hydrogens is 723 g/mol. The van der Waals surface area contributed by atoms with Crippen LogP contribution in [0, 0.1) is 0 Å². The first kappa shape index (κ1) is 30.5. The Morgan fingerprint density at radius 3 is 2.02 bits per heavy atom. The van der Waals surface area contributed by atoms with Crippen molar-refractivity contribution in [1.29, 1.82) is 0 Å². The molecule has 5 aromatic heterocycles. The van der Waals surface area contributed by atoms with Gasteiger partial charge in [-0.05, 0) is 41.3 Å². The first-order valence-electron chi connectivity index (χ1n) is 18.7. The maximum atomic E-state index is 6.55. The summed E-state index contributed by atoms with van der Waals surface area (Å²) in [7, 11) is 0. The van der Waals surface area contributed by atoms with E-state index in [0.717, 1.165) is 66.0 Å². The Morgan fingerprint density at radius 2 is 1.16 bits per heavy atom. The molecule has 0 amide bonds. The number of para-hydroxylation sites is 3. The van der Waals surface area contributed by atoms with Gasteiger partial charge in [0.05, 0.1) is 16.4 Å². The van der Waals surface area contributed by atoms with Crippen molar-refractivity contribution in [2.75, 3.05) is 0 Å². The molecule has 0 unspecified atom stereocenters. The molecule has 0 spiro atoms. The van der Waals surface area contributed by atoms with Crippen molar-refractivity contribution in [3.63, 3.8) is 0 Å². The van der Waals surface area contributed by atoms with E-state index >= 15 is 0 Å². The van der Waals surface area contributed by atoms with Crippen LogP contribution in [0.15, 0.2) is 168 Å². The highest BCUT2D eigenvalue weighted by molar-refractivity contribution is 7.27. The predicted molar refractivity (Wildman–Crippen MR) is 238 cm³/mol. The maximum Gasteiger partial charge on any atom is 0.163 e. The van der Waals surface area contributed by atoms with E-state index < -0.39 is 0 Å². The minimum absolute atomic E-state index is 0.724. The zero-order valence-electron chi connectivity index (χ0n) is 29.7. The summed E-state index contributed by atoms with van der Waals surface area (Å²) in [5.74, 6) is 1.63. The van der Waals surface area contributed by atoms with E-state index in [-0.39, 0.29) is 0 Å². The molecule has 5 heterocycles. The molecule has 0 bridgehead atoms. The lowest BCUT2D eigenvalue weighted by Crippen LogP contribution is -2.02. The van der Waals surface area contributed by atoms with Crippen LogP contribution in [0.5, 0.6) is 0 Å². The quantitative estimate of drug-likeness (QED) is 0.181. The topological polar surface area (TPSA) is 43.9 Å². The smallest absolute Gasteiger partial charge is 0.163 e. The summed E-state index contributed by atoms with van der Waals surface area (Å²) < 4.78 is 12.7. The van der Waals surface area contributed by atoms with Crippen LogP contribution < -0.4 is 0 Å². The van der Waals surface area contributed by atoms with Gasteiger partial charge in [-0.2, -0.15) is 0 Å². The lowest BCUT2D eigenvalue weighted by Gasteiger charge is -2.13. The van der Waals surface area contributed by atoms with E-state index in [1.165, 1.54) is 57.3 Å². The molecule has 0 atom stereocenters. The molecular formula is C50H27N3OS2. The van der Waals surface area contributed by atoms with Crippen molar-refractivity contribution in [1.82, 2.24) is 14.5 Å². The number of rotatable bonds is 3. The minimum Gasteiger partial charge on any atom is -0.455 e. The first-order valence-corrected chi connectivity index (χ1v) is 20.4. The van der Waals surface area contributed by atoms with Crippen molar-refractivity contribution in [3.05, 3.63) is 164 Å². The third-order valence-electron chi connectivity index (χ3n) is 11.4. The SMILES string of the molecule is c1ccc(-c2nc(-n3c4ccccc4c4c5ccc(-c6cccc7c6oc6ccccc67)cc5c5sc6ccccc6c5c43)c3c(n2)sc2ccccc23)cc1. The number of hydrogen-bond donors (Lipinski definition) is 0. The molecule has 0 saturated carbocycles. The van der Waals surface area contributed by atoms with E-state index in [0.29, 0.717) is 0 Å². The lowest BCUT2D eigenvalue weighted by atomic mass is 9.95. The van der Waals surface area contributed by atoms with Crippen LogP contribution in [0.3, 0.4) is 0 Å². The molecule has 13 rings (SSSR count). The molecule has 260 valence electrons. The van der Waals surface area contributed by atoms with Crippen LogP contribution in [-0.4, -0.2) is 14.5 Å². The van der Waals surface area contributed by atoms with Gasteiger partial charge in [-0.15, -0.1) is 22.7 Å². The standard InChI is InChI=1S/C50H27N3OS2/c1-2-13-28(14-3-1)48-51-49(44-36-18-7-11-24-41(36)56-50(44)52-48)53-38-21-8-4-16-34(38)42-32-26-25-29(30-19-12-20-33-31-15-5-9-22-39(31)54-46(30)33)27-37(32)47-43(45(42)53)35-17-6-10-23-40(35)55-47/h1-27H. The fourth-order valence-corrected chi connectivity index (χ4v) is 11.3. The van der Waals surface area contributed by atoms with Gasteiger partial charge in [-0.3, -0.25) is 4.57 Å². The summed E-state index contributed by atoms with van der Waals surface area (Å²) in [6.07, 6.45) is 0. The average molecular weight is 750 g/mol. The summed E-state index contributed by atoms with van der Waals surface area (Å²) in [5.41, 5.74) is 7.35. The van der Waals surface area contributed by atoms with Gasteiger partial charge in [0.2, 0.25) is 0 Å². The molecule has 0 aliphatic heterocycles. The van der Waals surface area contributed by atoms with Crippen molar-refractivity contribution in [2.24, 2.45) is 0 Å². The molecule has 0 saturated heterocycles. The third-order valence-corrected chi connectivity index (χ3v) is 13.7. The zero-order valence-corrected chi connectivity index (χ0v) is 31.3. The predicted octanol–water partition coefficient (Wildman–Crippen LogP) is 14.7. The van der Waals surface area contributed by atoms with E-state index in [9.17, 15) is 0 Å². The summed E-state index contributed by atoms with van der Waals surface area (Å²) in [6.45, 7) is 0. The van der Waals surface area contributed by atoms with Crippen molar-refractivity contribution in [3.8, 4) is 28.3 Å². The molecule has 0 aliphatic carbocycles. The highest BCUT2D eigenvalue weighted by atomic mass is 32.1. The van der Waals surface area contributed by atoms with Gasteiger partial charge in [0.15, 0.2) is 11.6 Å². The Labute approximate surface area is 327 Å². The summed E-state index contributed by atoms with van der Waals surface area (Å²) in [6, 6.07) is 58.5. The Morgan fingerprint density at radius 1 is 0.464 bits per heavy atom. The third kappa shape index (κ3) is 4.12. The number of nitrogens with zero attached hydrogens (tertiary/aromatic N) is 3. The van der Waals surface area contributed by atoms with Crippen LogP contribution in [0.25, 0.3) is 123 Å². The molecule has 6 heteroatoms. The van der Waals surface area contributed by atoms with Gasteiger partial charge in [-0.25, -0.2) is 9.97 Å². The fraction of sp³-hybridized carbons (Fsp3) is 0. The molecule has 0 fully saturated rings. The molecule has 0 N–H and O–H groups in total. The zero-order chi connectivity index (χ0) is 36.5. The average Bonchev–Trinajstić information content (AvgIpc) is 4.02. The van der Waals surface area contributed by atoms with Crippen LogP contribution in [0.4, 0.5) is 0 Å². The highest BCUT2D eigenvalue weighted by Gasteiger charge is 2.26. The van der Waals surface area contributed by atoms with E-state index in [1.807, 2.05) is 23.5 Å². The minimum atomic E-state index is 0.724. The molecule has 0 radical (unpaired) electrons. The summed E-state index contributed by atoms with van der Waals surface area (Å²) in [5, 5.41) is 11.9. The van der Waals surface area contributed by atoms with Crippen LogP contribution in [0.1, 0.15) is 0 Å². The summed E-state index contributed by atoms with van der Waals surface area (Å²) in [4.78, 5) is 11.8. The lowest BCUT2D eigenvalue weighted by molar-refractivity contribution is 0.670. The van der Waals surface area contributed by atoms with Gasteiger partial charge in [-0.1, -0.05) is 133 Å². The number of thiophene rings is 2. The highest BCUT2D eigenvalue weighted by Crippen LogP contribution is 2.50. The van der Waals surface area contributed by atoms with Crippen LogP contribution in [-0.2, 0) is 0 Å². The molecule has 56 heavy (non-hydrogen) atoms. The number of fused-ring (bicyclic) bond motifs is 16. The van der Waals surface area contributed by atoms with Gasteiger partial charge < -0.3 is 4.42 Å². The number of hydrogen-bond acceptors (Lipinski definition) is 5. The van der Waals surface area contributed by atoms with Crippen molar-refractivity contribution >= 4 is 118 Å². The van der Waals surface area contributed by atoms with E-state index in [2.05, 4.69) is 156 Å². The van der Waals surface area contributed by atoms with Gasteiger partial charge in [0.25, 0.3) is 0 Å². The second-order valence-corrected chi connectivity index (χ2v) is 16.5. The Hall–Kier alpha value is -6.86. The van der Waals surface area contributed by atoms with Gasteiger partial charge in [0, 0.05) is 68.3 Å². The normalized spacial score (nSPS) is 12.3. The first-order chi connectivity index (χ1) is 27.8. The monoisotopic (exact) mass is 749 g/mol. The van der Waals surface area contributed by atoms with Crippen LogP contribution in [0.2, 0.25) is 0 Å². The molecule has 0 aliphatic rings. The maximum absolute atomic E-state index is 6.55. The Bertz CT molecular complexity index is 3770. The molecule has 4 nitrogen and oxygen atoms in total. The largest absolute Gasteiger partial charge is 0.455 e. The Balaban J connectivity index is 1.21. The van der Waals surface area contributed by atoms with Crippen molar-refractivity contribution < 1.29 is 4.42 Å². The molecule has 13 aromatic rings. The van der Waals surface area contributed by atoms with Gasteiger partial charge >= 0.3 is 0 Å². The van der Waals surface area contributed by atoms with E-state index in [1.54, 1.807) is 11.3 Å². The fourth-order valence-electron chi connectivity index (χ4n) is 9.01. The second kappa shape index (κ2) is 11.3. The van der Waals surface area contributed by atoms with Crippen LogP contribution >= 0.6 is 22.7 Å².